The number of hydrogen-bond donors (Lipinski definition) is 1. The van der Waals surface area contributed by atoms with Gasteiger partial charge in [0, 0.05) is 12.6 Å². The fourth-order valence-corrected chi connectivity index (χ4v) is 2.30. The van der Waals surface area contributed by atoms with Gasteiger partial charge in [-0.3, -0.25) is 0 Å². The molecule has 0 bridgehead atoms. The average Bonchev–Trinajstić information content (AvgIpc) is 2.43. The van der Waals surface area contributed by atoms with Crippen LogP contribution >= 0.6 is 0 Å². The molecule has 0 aliphatic rings. The van der Waals surface area contributed by atoms with Crippen LogP contribution in [0.1, 0.15) is 64.4 Å². The predicted molar refractivity (Wildman–Crippen MR) is 80.7 cm³/mol. The first-order valence-electron chi connectivity index (χ1n) is 7.64. The van der Waals surface area contributed by atoms with Crippen molar-refractivity contribution in [3.63, 3.8) is 0 Å². The zero-order valence-corrected chi connectivity index (χ0v) is 12.1. The van der Waals surface area contributed by atoms with Gasteiger partial charge in [0.05, 0.1) is 0 Å². The zero-order chi connectivity index (χ0) is 13.1. The van der Waals surface area contributed by atoms with Crippen molar-refractivity contribution in [3.8, 4) is 0 Å². The maximum atomic E-state index is 3.68. The largest absolute Gasteiger partial charge is 0.310 e. The lowest BCUT2D eigenvalue weighted by molar-refractivity contribution is 0.442. The fraction of sp³-hybridized carbons (Fsp3) is 0.647. The molecule has 0 spiro atoms. The first-order chi connectivity index (χ1) is 8.86. The van der Waals surface area contributed by atoms with Crippen LogP contribution in [0.5, 0.6) is 0 Å². The summed E-state index contributed by atoms with van der Waals surface area (Å²) in [6, 6.07) is 11.4. The third kappa shape index (κ3) is 6.80. The van der Waals surface area contributed by atoms with Crippen molar-refractivity contribution in [1.29, 1.82) is 0 Å². The molecule has 1 nitrogen and oxygen atoms in total. The summed E-state index contributed by atoms with van der Waals surface area (Å²) in [6.45, 7) is 5.57. The van der Waals surface area contributed by atoms with Crippen LogP contribution in [0.15, 0.2) is 30.3 Å². The number of hydrogen-bond acceptors (Lipinski definition) is 1. The summed E-state index contributed by atoms with van der Waals surface area (Å²) in [5.41, 5.74) is 1.39. The monoisotopic (exact) mass is 247 g/mol. The van der Waals surface area contributed by atoms with E-state index in [1.165, 1.54) is 50.5 Å². The molecular formula is C17H29N. The van der Waals surface area contributed by atoms with Gasteiger partial charge in [0.2, 0.25) is 0 Å². The fourth-order valence-electron chi connectivity index (χ4n) is 2.30. The van der Waals surface area contributed by atoms with E-state index >= 15 is 0 Å². The number of rotatable bonds is 10. The van der Waals surface area contributed by atoms with Gasteiger partial charge in [0.1, 0.15) is 0 Å². The van der Waals surface area contributed by atoms with Gasteiger partial charge >= 0.3 is 0 Å². The van der Waals surface area contributed by atoms with Crippen molar-refractivity contribution in [2.45, 2.75) is 71.4 Å². The summed E-state index contributed by atoms with van der Waals surface area (Å²) in [4.78, 5) is 0. The molecule has 1 N–H and O–H groups in total. The van der Waals surface area contributed by atoms with E-state index in [0.29, 0.717) is 6.04 Å². The first kappa shape index (κ1) is 15.2. The molecule has 102 valence electrons. The highest BCUT2D eigenvalue weighted by atomic mass is 14.9. The van der Waals surface area contributed by atoms with Crippen molar-refractivity contribution in [2.75, 3.05) is 0 Å². The van der Waals surface area contributed by atoms with Gasteiger partial charge in [-0.25, -0.2) is 0 Å². The lowest BCUT2D eigenvalue weighted by Gasteiger charge is -2.17. The molecule has 1 unspecified atom stereocenters. The van der Waals surface area contributed by atoms with Crippen molar-refractivity contribution in [2.24, 2.45) is 0 Å². The number of benzene rings is 1. The predicted octanol–water partition coefficient (Wildman–Crippen LogP) is 4.92. The molecule has 0 aliphatic heterocycles. The summed E-state index contributed by atoms with van der Waals surface area (Å²) in [5.74, 6) is 0. The molecule has 0 aromatic heterocycles. The lowest BCUT2D eigenvalue weighted by atomic mass is 10.0. The molecule has 0 radical (unpaired) electrons. The van der Waals surface area contributed by atoms with Crippen LogP contribution in [-0.4, -0.2) is 6.04 Å². The van der Waals surface area contributed by atoms with E-state index in [4.69, 9.17) is 0 Å². The smallest absolute Gasteiger partial charge is 0.0208 e. The van der Waals surface area contributed by atoms with Gasteiger partial charge in [-0.05, 0) is 18.4 Å². The summed E-state index contributed by atoms with van der Waals surface area (Å²) < 4.78 is 0. The SMILES string of the molecule is CCCCCCCC(CC)NCc1ccccc1. The van der Waals surface area contributed by atoms with E-state index in [1.54, 1.807) is 0 Å². The maximum absolute atomic E-state index is 3.68. The Bertz CT molecular complexity index is 281. The van der Waals surface area contributed by atoms with Gasteiger partial charge in [-0.2, -0.15) is 0 Å². The second-order valence-electron chi connectivity index (χ2n) is 5.17. The molecule has 1 rings (SSSR count). The molecule has 0 heterocycles. The molecule has 0 saturated carbocycles. The topological polar surface area (TPSA) is 12.0 Å². The van der Waals surface area contributed by atoms with Crippen LogP contribution in [0.4, 0.5) is 0 Å². The lowest BCUT2D eigenvalue weighted by Crippen LogP contribution is -2.27. The highest BCUT2D eigenvalue weighted by Gasteiger charge is 2.04. The first-order valence-corrected chi connectivity index (χ1v) is 7.64. The Labute approximate surface area is 113 Å². The molecule has 0 aliphatic carbocycles. The third-order valence-corrected chi connectivity index (χ3v) is 3.59. The van der Waals surface area contributed by atoms with Crippen LogP contribution in [-0.2, 0) is 6.54 Å². The van der Waals surface area contributed by atoms with E-state index in [0.717, 1.165) is 6.54 Å². The van der Waals surface area contributed by atoms with Crippen molar-refractivity contribution >= 4 is 0 Å². The molecular weight excluding hydrogens is 218 g/mol. The Hall–Kier alpha value is -0.820. The molecule has 0 saturated heterocycles. The molecule has 1 aromatic carbocycles. The van der Waals surface area contributed by atoms with E-state index in [-0.39, 0.29) is 0 Å². The maximum Gasteiger partial charge on any atom is 0.0208 e. The zero-order valence-electron chi connectivity index (χ0n) is 12.1. The summed E-state index contributed by atoms with van der Waals surface area (Å²) in [6.07, 6.45) is 9.48. The van der Waals surface area contributed by atoms with Crippen LogP contribution < -0.4 is 5.32 Å². The highest BCUT2D eigenvalue weighted by molar-refractivity contribution is 5.14. The van der Waals surface area contributed by atoms with Crippen LogP contribution in [0, 0.1) is 0 Å². The normalized spacial score (nSPS) is 12.6. The Balaban J connectivity index is 2.13. The van der Waals surface area contributed by atoms with Crippen LogP contribution in [0.2, 0.25) is 0 Å². The number of unbranched alkanes of at least 4 members (excludes halogenated alkanes) is 4. The van der Waals surface area contributed by atoms with Gasteiger partial charge < -0.3 is 5.32 Å². The van der Waals surface area contributed by atoms with Crippen molar-refractivity contribution in [3.05, 3.63) is 35.9 Å². The minimum atomic E-state index is 0.687. The standard InChI is InChI=1S/C17H29N/c1-3-5-6-7-11-14-17(4-2)18-15-16-12-9-8-10-13-16/h8-10,12-13,17-18H,3-7,11,14-15H2,1-2H3. The average molecular weight is 247 g/mol. The van der Waals surface area contributed by atoms with Gasteiger partial charge in [0.25, 0.3) is 0 Å². The Morgan fingerprint density at radius 2 is 1.67 bits per heavy atom. The van der Waals surface area contributed by atoms with Gasteiger partial charge in [-0.1, -0.05) is 76.3 Å². The van der Waals surface area contributed by atoms with E-state index < -0.39 is 0 Å². The molecule has 1 atom stereocenters. The van der Waals surface area contributed by atoms with Gasteiger partial charge in [0.15, 0.2) is 0 Å². The molecule has 1 aromatic rings. The minimum absolute atomic E-state index is 0.687. The number of nitrogens with one attached hydrogen (secondary N) is 1. The molecule has 18 heavy (non-hydrogen) atoms. The molecule has 0 fully saturated rings. The van der Waals surface area contributed by atoms with Gasteiger partial charge in [-0.15, -0.1) is 0 Å². The second-order valence-corrected chi connectivity index (χ2v) is 5.17. The van der Waals surface area contributed by atoms with Crippen LogP contribution in [0.3, 0.4) is 0 Å². The minimum Gasteiger partial charge on any atom is -0.310 e. The highest BCUT2D eigenvalue weighted by Crippen LogP contribution is 2.10. The van der Waals surface area contributed by atoms with Crippen molar-refractivity contribution in [1.82, 2.24) is 5.32 Å². The third-order valence-electron chi connectivity index (χ3n) is 3.59. The summed E-state index contributed by atoms with van der Waals surface area (Å²) in [7, 11) is 0. The summed E-state index contributed by atoms with van der Waals surface area (Å²) >= 11 is 0. The van der Waals surface area contributed by atoms with E-state index in [2.05, 4.69) is 49.5 Å². The molecule has 0 amide bonds. The van der Waals surface area contributed by atoms with E-state index in [9.17, 15) is 0 Å². The second kappa shape index (κ2) is 10.1. The Morgan fingerprint density at radius 1 is 0.944 bits per heavy atom. The Morgan fingerprint density at radius 3 is 2.33 bits per heavy atom. The summed E-state index contributed by atoms with van der Waals surface area (Å²) in [5, 5.41) is 3.68. The van der Waals surface area contributed by atoms with Crippen molar-refractivity contribution < 1.29 is 0 Å². The molecule has 1 heteroatoms. The van der Waals surface area contributed by atoms with E-state index in [1.807, 2.05) is 0 Å². The quantitative estimate of drug-likeness (QED) is 0.579. The van der Waals surface area contributed by atoms with Crippen LogP contribution in [0.25, 0.3) is 0 Å². The Kier molecular flexibility index (Phi) is 8.58.